The Bertz CT molecular complexity index is 540. The molecule has 2 fully saturated rings. The molecule has 1 amide bonds. The zero-order valence-electron chi connectivity index (χ0n) is 11.1. The van der Waals surface area contributed by atoms with Gasteiger partial charge >= 0.3 is 5.51 Å². The van der Waals surface area contributed by atoms with Crippen LogP contribution in [0.1, 0.15) is 10.4 Å². The summed E-state index contributed by atoms with van der Waals surface area (Å²) in [7, 11) is 0. The summed E-state index contributed by atoms with van der Waals surface area (Å²) < 4.78 is 37.6. The summed E-state index contributed by atoms with van der Waals surface area (Å²) in [4.78, 5) is 17.8. The Morgan fingerprint density at radius 3 is 2.62 bits per heavy atom. The average Bonchev–Trinajstić information content (AvgIpc) is 2.97. The number of carbonyl (C=O) groups excluding carboxylic acids is 1. The van der Waals surface area contributed by atoms with Gasteiger partial charge in [-0.15, -0.1) is 0 Å². The lowest BCUT2D eigenvalue weighted by Gasteiger charge is -2.19. The first-order chi connectivity index (χ1) is 9.94. The van der Waals surface area contributed by atoms with Gasteiger partial charge in [0, 0.05) is 44.1 Å². The summed E-state index contributed by atoms with van der Waals surface area (Å²) in [5.41, 5.74) is -4.41. The molecule has 114 valence electrons. The number of thioether (sulfide) groups is 1. The van der Waals surface area contributed by atoms with Gasteiger partial charge in [-0.1, -0.05) is 0 Å². The quantitative estimate of drug-likeness (QED) is 0.847. The SMILES string of the molecule is O=C(c1cccnc1SC(F)(F)F)N1C[C@H]2CNC[C@H]2C1. The van der Waals surface area contributed by atoms with E-state index in [1.807, 2.05) is 0 Å². The van der Waals surface area contributed by atoms with Gasteiger partial charge in [0.1, 0.15) is 5.03 Å². The molecule has 4 nitrogen and oxygen atoms in total. The van der Waals surface area contributed by atoms with Crippen molar-refractivity contribution < 1.29 is 18.0 Å². The Morgan fingerprint density at radius 1 is 1.33 bits per heavy atom. The predicted octanol–water partition coefficient (Wildman–Crippen LogP) is 1.98. The first-order valence-electron chi connectivity index (χ1n) is 6.65. The van der Waals surface area contributed by atoms with Crippen molar-refractivity contribution in [1.29, 1.82) is 0 Å². The van der Waals surface area contributed by atoms with E-state index in [0.29, 0.717) is 24.9 Å². The van der Waals surface area contributed by atoms with Gasteiger partial charge in [-0.05, 0) is 24.0 Å². The Balaban J connectivity index is 1.79. The topological polar surface area (TPSA) is 45.2 Å². The van der Waals surface area contributed by atoms with Crippen LogP contribution >= 0.6 is 11.8 Å². The number of fused-ring (bicyclic) bond motifs is 1. The summed E-state index contributed by atoms with van der Waals surface area (Å²) in [5, 5.41) is 2.99. The van der Waals surface area contributed by atoms with Gasteiger partial charge in [-0.3, -0.25) is 4.79 Å². The fourth-order valence-electron chi connectivity index (χ4n) is 2.94. The molecule has 1 aromatic rings. The van der Waals surface area contributed by atoms with Crippen molar-refractivity contribution in [2.45, 2.75) is 10.5 Å². The van der Waals surface area contributed by atoms with E-state index in [9.17, 15) is 18.0 Å². The summed E-state index contributed by atoms with van der Waals surface area (Å²) >= 11 is -0.335. The number of nitrogens with one attached hydrogen (secondary N) is 1. The Labute approximate surface area is 124 Å². The molecule has 0 aromatic carbocycles. The zero-order chi connectivity index (χ0) is 15.0. The number of pyridine rings is 1. The third-order valence-electron chi connectivity index (χ3n) is 3.89. The van der Waals surface area contributed by atoms with E-state index >= 15 is 0 Å². The number of hydrogen-bond donors (Lipinski definition) is 1. The molecule has 21 heavy (non-hydrogen) atoms. The zero-order valence-corrected chi connectivity index (χ0v) is 11.9. The summed E-state index contributed by atoms with van der Waals surface area (Å²) in [5.74, 6) is 0.456. The van der Waals surface area contributed by atoms with Crippen molar-refractivity contribution >= 4 is 17.7 Å². The fraction of sp³-hybridized carbons (Fsp3) is 0.538. The molecule has 0 aliphatic carbocycles. The van der Waals surface area contributed by atoms with E-state index in [-0.39, 0.29) is 28.3 Å². The smallest absolute Gasteiger partial charge is 0.338 e. The molecule has 1 N–H and O–H groups in total. The van der Waals surface area contributed by atoms with Crippen molar-refractivity contribution in [3.63, 3.8) is 0 Å². The highest BCUT2D eigenvalue weighted by atomic mass is 32.2. The van der Waals surface area contributed by atoms with Crippen LogP contribution in [0.4, 0.5) is 13.2 Å². The molecule has 0 radical (unpaired) electrons. The third kappa shape index (κ3) is 3.16. The Hall–Kier alpha value is -1.28. The van der Waals surface area contributed by atoms with Gasteiger partial charge in [-0.2, -0.15) is 13.2 Å². The highest BCUT2D eigenvalue weighted by molar-refractivity contribution is 8.00. The van der Waals surface area contributed by atoms with E-state index < -0.39 is 5.51 Å². The van der Waals surface area contributed by atoms with Crippen LogP contribution in [-0.2, 0) is 0 Å². The standard InChI is InChI=1S/C13H14F3N3OS/c14-13(15,16)21-11-10(2-1-3-18-11)12(20)19-6-8-4-17-5-9(8)7-19/h1-3,8-9,17H,4-7H2/t8-,9+. The first kappa shape index (κ1) is 14.6. The molecular formula is C13H14F3N3OS. The third-order valence-corrected chi connectivity index (χ3v) is 4.64. The second-order valence-corrected chi connectivity index (χ2v) is 6.35. The van der Waals surface area contributed by atoms with Crippen molar-refractivity contribution in [2.75, 3.05) is 26.2 Å². The number of aromatic nitrogens is 1. The molecule has 0 bridgehead atoms. The molecule has 3 rings (SSSR count). The van der Waals surface area contributed by atoms with Crippen molar-refractivity contribution in [3.8, 4) is 0 Å². The largest absolute Gasteiger partial charge is 0.447 e. The van der Waals surface area contributed by atoms with E-state index in [2.05, 4.69) is 10.3 Å². The molecule has 2 aliphatic heterocycles. The second kappa shape index (κ2) is 5.49. The van der Waals surface area contributed by atoms with Gasteiger partial charge in [0.25, 0.3) is 5.91 Å². The van der Waals surface area contributed by atoms with Crippen molar-refractivity contribution in [3.05, 3.63) is 23.9 Å². The van der Waals surface area contributed by atoms with Crippen LogP contribution in [0.25, 0.3) is 0 Å². The molecule has 8 heteroatoms. The monoisotopic (exact) mass is 317 g/mol. The van der Waals surface area contributed by atoms with Gasteiger partial charge in [0.15, 0.2) is 0 Å². The Morgan fingerprint density at radius 2 is 2.00 bits per heavy atom. The van der Waals surface area contributed by atoms with E-state index in [0.717, 1.165) is 13.1 Å². The number of halogens is 3. The molecule has 2 atom stereocenters. The van der Waals surface area contributed by atoms with Gasteiger partial charge in [0.05, 0.1) is 5.56 Å². The predicted molar refractivity (Wildman–Crippen MR) is 71.9 cm³/mol. The number of hydrogen-bond acceptors (Lipinski definition) is 4. The molecule has 0 unspecified atom stereocenters. The lowest BCUT2D eigenvalue weighted by atomic mass is 10.0. The molecular weight excluding hydrogens is 303 g/mol. The van der Waals surface area contributed by atoms with Crippen LogP contribution < -0.4 is 5.32 Å². The molecule has 0 saturated carbocycles. The lowest BCUT2D eigenvalue weighted by Crippen LogP contribution is -2.32. The van der Waals surface area contributed by atoms with Crippen molar-refractivity contribution in [2.24, 2.45) is 11.8 Å². The number of rotatable bonds is 2. The molecule has 2 saturated heterocycles. The van der Waals surface area contributed by atoms with E-state index in [1.165, 1.54) is 18.3 Å². The summed E-state index contributed by atoms with van der Waals surface area (Å²) in [6.07, 6.45) is 1.27. The average molecular weight is 317 g/mol. The van der Waals surface area contributed by atoms with Crippen LogP contribution in [-0.4, -0.2) is 47.5 Å². The molecule has 0 spiro atoms. The maximum atomic E-state index is 12.5. The molecule has 3 heterocycles. The molecule has 1 aromatic heterocycles. The minimum atomic E-state index is -4.45. The minimum absolute atomic E-state index is 0.0350. The first-order valence-corrected chi connectivity index (χ1v) is 7.46. The van der Waals surface area contributed by atoms with Crippen molar-refractivity contribution in [1.82, 2.24) is 15.2 Å². The lowest BCUT2D eigenvalue weighted by molar-refractivity contribution is -0.0329. The van der Waals surface area contributed by atoms with Crippen LogP contribution in [0.3, 0.4) is 0 Å². The van der Waals surface area contributed by atoms with E-state index in [1.54, 1.807) is 4.90 Å². The summed E-state index contributed by atoms with van der Waals surface area (Å²) in [6, 6.07) is 2.90. The fourth-order valence-corrected chi connectivity index (χ4v) is 3.53. The maximum Gasteiger partial charge on any atom is 0.447 e. The highest BCUT2D eigenvalue weighted by Gasteiger charge is 2.39. The minimum Gasteiger partial charge on any atom is -0.338 e. The number of carbonyl (C=O) groups is 1. The van der Waals surface area contributed by atoms with Crippen LogP contribution in [0.15, 0.2) is 23.4 Å². The number of alkyl halides is 3. The highest BCUT2D eigenvalue weighted by Crippen LogP contribution is 2.38. The number of likely N-dealkylation sites (tertiary alicyclic amines) is 1. The second-order valence-electron chi connectivity index (χ2n) is 5.29. The molecule has 2 aliphatic rings. The van der Waals surface area contributed by atoms with Crippen LogP contribution in [0, 0.1) is 11.8 Å². The van der Waals surface area contributed by atoms with Gasteiger partial charge in [0.2, 0.25) is 0 Å². The Kier molecular flexibility index (Phi) is 3.83. The van der Waals surface area contributed by atoms with E-state index in [4.69, 9.17) is 0 Å². The number of nitrogens with zero attached hydrogens (tertiary/aromatic N) is 2. The normalized spacial score (nSPS) is 25.2. The van der Waals surface area contributed by atoms with Crippen LogP contribution in [0.2, 0.25) is 0 Å². The number of amides is 1. The van der Waals surface area contributed by atoms with Gasteiger partial charge < -0.3 is 10.2 Å². The van der Waals surface area contributed by atoms with Crippen LogP contribution in [0.5, 0.6) is 0 Å². The van der Waals surface area contributed by atoms with Gasteiger partial charge in [-0.25, -0.2) is 4.98 Å². The maximum absolute atomic E-state index is 12.5. The summed E-state index contributed by atoms with van der Waals surface area (Å²) in [6.45, 7) is 2.93.